The Morgan fingerprint density at radius 1 is 1.54 bits per heavy atom. The lowest BCUT2D eigenvalue weighted by molar-refractivity contribution is 0.309. The smallest absolute Gasteiger partial charge is 0.251 e. The summed E-state index contributed by atoms with van der Waals surface area (Å²) in [7, 11) is 2.10. The monoisotopic (exact) mass is 178 g/mol. The number of hydrogen-bond acceptors (Lipinski definition) is 2. The van der Waals surface area contributed by atoms with Crippen LogP contribution in [0.4, 0.5) is 0 Å². The van der Waals surface area contributed by atoms with Crippen molar-refractivity contribution in [1.82, 2.24) is 9.88 Å². The average Bonchev–Trinajstić information content (AvgIpc) is 2.08. The maximum Gasteiger partial charge on any atom is 0.251 e. The SMILES string of the molecule is Cc1cc2c([nH]c1=O)CCN(C)C2. The minimum atomic E-state index is 0.0586. The first kappa shape index (κ1) is 8.51. The topological polar surface area (TPSA) is 36.1 Å². The van der Waals surface area contributed by atoms with Gasteiger partial charge in [-0.3, -0.25) is 4.79 Å². The van der Waals surface area contributed by atoms with Crippen molar-refractivity contribution < 1.29 is 0 Å². The van der Waals surface area contributed by atoms with Crippen LogP contribution in [0.3, 0.4) is 0 Å². The van der Waals surface area contributed by atoms with Crippen LogP contribution in [-0.4, -0.2) is 23.5 Å². The van der Waals surface area contributed by atoms with Crippen LogP contribution in [-0.2, 0) is 13.0 Å². The molecule has 0 radical (unpaired) electrons. The van der Waals surface area contributed by atoms with Crippen molar-refractivity contribution in [1.29, 1.82) is 0 Å². The number of aromatic amines is 1. The zero-order valence-corrected chi connectivity index (χ0v) is 8.05. The van der Waals surface area contributed by atoms with Gasteiger partial charge >= 0.3 is 0 Å². The number of nitrogens with one attached hydrogen (secondary N) is 1. The molecule has 13 heavy (non-hydrogen) atoms. The first-order valence-corrected chi connectivity index (χ1v) is 4.57. The molecule has 0 spiro atoms. The summed E-state index contributed by atoms with van der Waals surface area (Å²) in [6.45, 7) is 3.84. The lowest BCUT2D eigenvalue weighted by Crippen LogP contribution is -2.29. The van der Waals surface area contributed by atoms with Crippen molar-refractivity contribution in [3.05, 3.63) is 33.2 Å². The Bertz CT molecular complexity index is 381. The molecule has 1 aromatic heterocycles. The Morgan fingerprint density at radius 3 is 3.08 bits per heavy atom. The van der Waals surface area contributed by atoms with Crippen LogP contribution < -0.4 is 5.56 Å². The van der Waals surface area contributed by atoms with E-state index in [1.165, 1.54) is 5.56 Å². The number of likely N-dealkylation sites (N-methyl/N-ethyl adjacent to an activating group) is 1. The fourth-order valence-corrected chi connectivity index (χ4v) is 1.77. The lowest BCUT2D eigenvalue weighted by Gasteiger charge is -2.24. The van der Waals surface area contributed by atoms with Gasteiger partial charge < -0.3 is 9.88 Å². The first-order chi connectivity index (χ1) is 6.16. The zero-order chi connectivity index (χ0) is 9.42. The molecular formula is C10H14N2O. The third-order valence-corrected chi connectivity index (χ3v) is 2.58. The molecule has 1 aliphatic heterocycles. The molecule has 0 amide bonds. The van der Waals surface area contributed by atoms with Crippen molar-refractivity contribution >= 4 is 0 Å². The van der Waals surface area contributed by atoms with E-state index in [2.05, 4.69) is 16.9 Å². The predicted octanol–water partition coefficient (Wildman–Crippen LogP) is 0.671. The summed E-state index contributed by atoms with van der Waals surface area (Å²) in [5.74, 6) is 0. The third-order valence-electron chi connectivity index (χ3n) is 2.58. The standard InChI is InChI=1S/C10H14N2O/c1-7-5-8-6-12(2)4-3-9(8)11-10(7)13/h5H,3-4,6H2,1-2H3,(H,11,13). The molecule has 1 N–H and O–H groups in total. The average molecular weight is 178 g/mol. The van der Waals surface area contributed by atoms with Crippen molar-refractivity contribution in [2.75, 3.05) is 13.6 Å². The molecule has 1 aliphatic rings. The molecule has 0 fully saturated rings. The van der Waals surface area contributed by atoms with Gasteiger partial charge in [-0.2, -0.15) is 0 Å². The number of pyridine rings is 1. The number of aromatic nitrogens is 1. The predicted molar refractivity (Wildman–Crippen MR) is 51.8 cm³/mol. The summed E-state index contributed by atoms with van der Waals surface area (Å²) < 4.78 is 0. The van der Waals surface area contributed by atoms with Crippen molar-refractivity contribution in [2.45, 2.75) is 19.9 Å². The molecule has 2 heterocycles. The maximum absolute atomic E-state index is 11.3. The van der Waals surface area contributed by atoms with Gasteiger partial charge in [0, 0.05) is 30.8 Å². The number of fused-ring (bicyclic) bond motifs is 1. The highest BCUT2D eigenvalue weighted by molar-refractivity contribution is 5.26. The van der Waals surface area contributed by atoms with Crippen molar-refractivity contribution in [2.24, 2.45) is 0 Å². The fourth-order valence-electron chi connectivity index (χ4n) is 1.77. The largest absolute Gasteiger partial charge is 0.326 e. The third kappa shape index (κ3) is 1.52. The van der Waals surface area contributed by atoms with E-state index in [9.17, 15) is 4.79 Å². The summed E-state index contributed by atoms with van der Waals surface area (Å²) in [6.07, 6.45) is 0.960. The van der Waals surface area contributed by atoms with Crippen LogP contribution in [0.25, 0.3) is 0 Å². The van der Waals surface area contributed by atoms with Gasteiger partial charge in [-0.05, 0) is 25.6 Å². The zero-order valence-electron chi connectivity index (χ0n) is 8.05. The minimum Gasteiger partial charge on any atom is -0.326 e. The number of aryl methyl sites for hydroxylation is 1. The van der Waals surface area contributed by atoms with Crippen LogP contribution >= 0.6 is 0 Å². The van der Waals surface area contributed by atoms with E-state index in [0.717, 1.165) is 30.8 Å². The van der Waals surface area contributed by atoms with Gasteiger partial charge in [0.2, 0.25) is 0 Å². The van der Waals surface area contributed by atoms with Gasteiger partial charge in [0.15, 0.2) is 0 Å². The summed E-state index contributed by atoms with van der Waals surface area (Å²) in [4.78, 5) is 16.5. The summed E-state index contributed by atoms with van der Waals surface area (Å²) >= 11 is 0. The molecule has 0 saturated heterocycles. The molecule has 0 atom stereocenters. The Balaban J connectivity index is 2.49. The second kappa shape index (κ2) is 3.00. The van der Waals surface area contributed by atoms with Gasteiger partial charge in [-0.25, -0.2) is 0 Å². The Morgan fingerprint density at radius 2 is 2.31 bits per heavy atom. The maximum atomic E-state index is 11.3. The number of nitrogens with zero attached hydrogens (tertiary/aromatic N) is 1. The highest BCUT2D eigenvalue weighted by Crippen LogP contribution is 2.14. The van der Waals surface area contributed by atoms with Crippen LogP contribution in [0.1, 0.15) is 16.8 Å². The van der Waals surface area contributed by atoms with Gasteiger partial charge in [0.25, 0.3) is 5.56 Å². The van der Waals surface area contributed by atoms with Gasteiger partial charge in [-0.1, -0.05) is 0 Å². The molecular weight excluding hydrogens is 164 g/mol. The molecule has 3 heteroatoms. The van der Waals surface area contributed by atoms with Gasteiger partial charge in [-0.15, -0.1) is 0 Å². The molecule has 1 aromatic rings. The van der Waals surface area contributed by atoms with Crippen LogP contribution in [0, 0.1) is 6.92 Å². The lowest BCUT2D eigenvalue weighted by atomic mass is 10.0. The van der Waals surface area contributed by atoms with Crippen LogP contribution in [0.15, 0.2) is 10.9 Å². The van der Waals surface area contributed by atoms with Crippen LogP contribution in [0.2, 0.25) is 0 Å². The Kier molecular flexibility index (Phi) is 1.96. The number of rotatable bonds is 0. The molecule has 0 aliphatic carbocycles. The highest BCUT2D eigenvalue weighted by Gasteiger charge is 2.14. The first-order valence-electron chi connectivity index (χ1n) is 4.57. The van der Waals surface area contributed by atoms with E-state index < -0.39 is 0 Å². The van der Waals surface area contributed by atoms with E-state index in [4.69, 9.17) is 0 Å². The van der Waals surface area contributed by atoms with Gasteiger partial charge in [0.05, 0.1) is 0 Å². The Hall–Kier alpha value is -1.09. The highest BCUT2D eigenvalue weighted by atomic mass is 16.1. The molecule has 2 rings (SSSR count). The second-order valence-corrected chi connectivity index (χ2v) is 3.77. The fraction of sp³-hybridized carbons (Fsp3) is 0.500. The van der Waals surface area contributed by atoms with E-state index >= 15 is 0 Å². The molecule has 0 bridgehead atoms. The van der Waals surface area contributed by atoms with Gasteiger partial charge in [0.1, 0.15) is 0 Å². The molecule has 70 valence electrons. The number of hydrogen-bond donors (Lipinski definition) is 1. The molecule has 0 unspecified atom stereocenters. The minimum absolute atomic E-state index is 0.0586. The summed E-state index contributed by atoms with van der Waals surface area (Å²) in [6, 6.07) is 2.00. The van der Waals surface area contributed by atoms with E-state index in [0.29, 0.717) is 0 Å². The summed E-state index contributed by atoms with van der Waals surface area (Å²) in [5, 5.41) is 0. The molecule has 3 nitrogen and oxygen atoms in total. The second-order valence-electron chi connectivity index (χ2n) is 3.77. The number of H-pyrrole nitrogens is 1. The van der Waals surface area contributed by atoms with E-state index in [1.807, 2.05) is 13.0 Å². The Labute approximate surface area is 77.4 Å². The van der Waals surface area contributed by atoms with E-state index in [1.54, 1.807) is 0 Å². The van der Waals surface area contributed by atoms with Crippen LogP contribution in [0.5, 0.6) is 0 Å². The molecule has 0 aromatic carbocycles. The quantitative estimate of drug-likeness (QED) is 0.634. The van der Waals surface area contributed by atoms with E-state index in [-0.39, 0.29) is 5.56 Å². The summed E-state index contributed by atoms with van der Waals surface area (Å²) in [5.41, 5.74) is 3.26. The molecule has 0 saturated carbocycles. The normalized spacial score (nSPS) is 17.1. The van der Waals surface area contributed by atoms with Crippen molar-refractivity contribution in [3.63, 3.8) is 0 Å². The van der Waals surface area contributed by atoms with Crippen molar-refractivity contribution in [3.8, 4) is 0 Å².